The molecule has 0 radical (unpaired) electrons. The van der Waals surface area contributed by atoms with Crippen molar-refractivity contribution in [2.24, 2.45) is 0 Å². The Kier molecular flexibility index (Phi) is 5.33. The fourth-order valence-corrected chi connectivity index (χ4v) is 1.40. The lowest BCUT2D eigenvalue weighted by Crippen LogP contribution is -2.28. The summed E-state index contributed by atoms with van der Waals surface area (Å²) in [5.41, 5.74) is 1.00. The summed E-state index contributed by atoms with van der Waals surface area (Å²) in [5, 5.41) is 3.02. The van der Waals surface area contributed by atoms with Gasteiger partial charge in [-0.05, 0) is 37.6 Å². The van der Waals surface area contributed by atoms with Crippen LogP contribution in [0.3, 0.4) is 0 Å². The minimum atomic E-state index is -0.532. The topological polar surface area (TPSA) is 47.6 Å². The van der Waals surface area contributed by atoms with Gasteiger partial charge in [-0.25, -0.2) is 4.79 Å². The van der Waals surface area contributed by atoms with Crippen molar-refractivity contribution in [1.29, 1.82) is 0 Å². The standard InChI is InChI=1S/C13H19NO3/c1-4-12(13(15)16-5-2)17-11-8-6-10(14-3)7-9-11/h6-9,12,14H,4-5H2,1-3H3. The lowest BCUT2D eigenvalue weighted by atomic mass is 10.2. The van der Waals surface area contributed by atoms with Crippen LogP contribution in [0.2, 0.25) is 0 Å². The van der Waals surface area contributed by atoms with Gasteiger partial charge in [0.15, 0.2) is 6.10 Å². The molecule has 0 aliphatic heterocycles. The van der Waals surface area contributed by atoms with Crippen molar-refractivity contribution in [2.45, 2.75) is 26.4 Å². The number of hydrogen-bond acceptors (Lipinski definition) is 4. The minimum absolute atomic E-state index is 0.312. The molecular weight excluding hydrogens is 218 g/mol. The van der Waals surface area contributed by atoms with E-state index in [0.29, 0.717) is 18.8 Å². The van der Waals surface area contributed by atoms with E-state index in [9.17, 15) is 4.79 Å². The zero-order valence-corrected chi connectivity index (χ0v) is 10.5. The van der Waals surface area contributed by atoms with Gasteiger partial charge in [0.05, 0.1) is 6.61 Å². The van der Waals surface area contributed by atoms with Gasteiger partial charge in [0, 0.05) is 12.7 Å². The van der Waals surface area contributed by atoms with Crippen molar-refractivity contribution in [3.8, 4) is 5.75 Å². The highest BCUT2D eigenvalue weighted by molar-refractivity contribution is 5.75. The van der Waals surface area contributed by atoms with Gasteiger partial charge in [0.25, 0.3) is 0 Å². The number of esters is 1. The molecule has 1 unspecified atom stereocenters. The van der Waals surface area contributed by atoms with Crippen LogP contribution < -0.4 is 10.1 Å². The largest absolute Gasteiger partial charge is 0.479 e. The third-order valence-corrected chi connectivity index (χ3v) is 2.34. The number of hydrogen-bond donors (Lipinski definition) is 1. The highest BCUT2D eigenvalue weighted by Gasteiger charge is 2.19. The van der Waals surface area contributed by atoms with E-state index in [1.807, 2.05) is 38.2 Å². The first-order valence-corrected chi connectivity index (χ1v) is 5.82. The van der Waals surface area contributed by atoms with Crippen molar-refractivity contribution in [1.82, 2.24) is 0 Å². The van der Waals surface area contributed by atoms with E-state index in [0.717, 1.165) is 5.69 Å². The molecule has 0 aliphatic carbocycles. The van der Waals surface area contributed by atoms with Gasteiger partial charge in [-0.3, -0.25) is 0 Å². The number of carbonyl (C=O) groups is 1. The molecule has 0 saturated carbocycles. The van der Waals surface area contributed by atoms with Gasteiger partial charge < -0.3 is 14.8 Å². The van der Waals surface area contributed by atoms with Crippen LogP contribution in [0.25, 0.3) is 0 Å². The Morgan fingerprint density at radius 1 is 1.29 bits per heavy atom. The summed E-state index contributed by atoms with van der Waals surface area (Å²) in [5.74, 6) is 0.358. The van der Waals surface area contributed by atoms with Crippen molar-refractivity contribution in [3.63, 3.8) is 0 Å². The first-order valence-electron chi connectivity index (χ1n) is 5.82. The number of benzene rings is 1. The predicted molar refractivity (Wildman–Crippen MR) is 67.3 cm³/mol. The zero-order valence-electron chi connectivity index (χ0n) is 10.5. The second-order valence-corrected chi connectivity index (χ2v) is 3.54. The van der Waals surface area contributed by atoms with Crippen LogP contribution in [-0.4, -0.2) is 25.7 Å². The van der Waals surface area contributed by atoms with Crippen LogP contribution in [0.4, 0.5) is 5.69 Å². The van der Waals surface area contributed by atoms with Crippen molar-refractivity contribution < 1.29 is 14.3 Å². The molecule has 0 aliphatic rings. The average Bonchev–Trinajstić information content (AvgIpc) is 2.37. The summed E-state index contributed by atoms with van der Waals surface area (Å²) < 4.78 is 10.5. The summed E-state index contributed by atoms with van der Waals surface area (Å²) in [6.45, 7) is 4.05. The van der Waals surface area contributed by atoms with Gasteiger partial charge in [-0.15, -0.1) is 0 Å². The Morgan fingerprint density at radius 3 is 2.41 bits per heavy atom. The first-order chi connectivity index (χ1) is 8.21. The van der Waals surface area contributed by atoms with Crippen LogP contribution in [-0.2, 0) is 9.53 Å². The number of anilines is 1. The molecule has 1 aromatic rings. The quantitative estimate of drug-likeness (QED) is 0.772. The molecule has 0 saturated heterocycles. The first kappa shape index (κ1) is 13.4. The molecule has 1 atom stereocenters. The molecule has 4 heteroatoms. The highest BCUT2D eigenvalue weighted by Crippen LogP contribution is 2.17. The Labute approximate surface area is 102 Å². The van der Waals surface area contributed by atoms with Crippen LogP contribution >= 0.6 is 0 Å². The lowest BCUT2D eigenvalue weighted by Gasteiger charge is -2.16. The molecule has 94 valence electrons. The maximum Gasteiger partial charge on any atom is 0.347 e. The fourth-order valence-electron chi connectivity index (χ4n) is 1.40. The summed E-state index contributed by atoms with van der Waals surface area (Å²) in [7, 11) is 1.85. The van der Waals surface area contributed by atoms with Crippen LogP contribution in [0.1, 0.15) is 20.3 Å². The predicted octanol–water partition coefficient (Wildman–Crippen LogP) is 2.45. The Bertz CT molecular complexity index is 348. The zero-order chi connectivity index (χ0) is 12.7. The average molecular weight is 237 g/mol. The Balaban J connectivity index is 2.63. The second kappa shape index (κ2) is 6.78. The minimum Gasteiger partial charge on any atom is -0.479 e. The number of nitrogens with one attached hydrogen (secondary N) is 1. The molecule has 0 fully saturated rings. The lowest BCUT2D eigenvalue weighted by molar-refractivity contribution is -0.151. The third-order valence-electron chi connectivity index (χ3n) is 2.34. The summed E-state index contributed by atoms with van der Waals surface area (Å²) in [4.78, 5) is 11.5. The smallest absolute Gasteiger partial charge is 0.347 e. The number of ether oxygens (including phenoxy) is 2. The van der Waals surface area contributed by atoms with Gasteiger partial charge in [-0.1, -0.05) is 6.92 Å². The second-order valence-electron chi connectivity index (χ2n) is 3.54. The number of rotatable bonds is 6. The molecule has 17 heavy (non-hydrogen) atoms. The molecule has 0 bridgehead atoms. The highest BCUT2D eigenvalue weighted by atomic mass is 16.6. The maximum absolute atomic E-state index is 11.5. The van der Waals surface area contributed by atoms with Crippen LogP contribution in [0, 0.1) is 0 Å². The molecule has 0 aromatic heterocycles. The van der Waals surface area contributed by atoms with Crippen LogP contribution in [0.15, 0.2) is 24.3 Å². The van der Waals surface area contributed by atoms with Crippen molar-refractivity contribution in [2.75, 3.05) is 19.0 Å². The molecule has 1 aromatic carbocycles. The normalized spacial score (nSPS) is 11.7. The Morgan fingerprint density at radius 2 is 1.94 bits per heavy atom. The summed E-state index contributed by atoms with van der Waals surface area (Å²) >= 11 is 0. The van der Waals surface area contributed by atoms with Crippen molar-refractivity contribution in [3.05, 3.63) is 24.3 Å². The molecule has 4 nitrogen and oxygen atoms in total. The fraction of sp³-hybridized carbons (Fsp3) is 0.462. The monoisotopic (exact) mass is 237 g/mol. The Hall–Kier alpha value is -1.71. The third kappa shape index (κ3) is 3.98. The maximum atomic E-state index is 11.5. The van der Waals surface area contributed by atoms with E-state index in [1.54, 1.807) is 6.92 Å². The van der Waals surface area contributed by atoms with Gasteiger partial charge in [0.1, 0.15) is 5.75 Å². The van der Waals surface area contributed by atoms with E-state index in [1.165, 1.54) is 0 Å². The molecule has 1 N–H and O–H groups in total. The molecular formula is C13H19NO3. The van der Waals surface area contributed by atoms with E-state index >= 15 is 0 Å². The summed E-state index contributed by atoms with van der Waals surface area (Å²) in [6.07, 6.45) is 0.0578. The molecule has 0 amide bonds. The van der Waals surface area contributed by atoms with E-state index in [-0.39, 0.29) is 5.97 Å². The molecule has 0 spiro atoms. The van der Waals surface area contributed by atoms with E-state index in [2.05, 4.69) is 5.32 Å². The van der Waals surface area contributed by atoms with Gasteiger partial charge in [0.2, 0.25) is 0 Å². The van der Waals surface area contributed by atoms with E-state index < -0.39 is 6.10 Å². The van der Waals surface area contributed by atoms with Gasteiger partial charge >= 0.3 is 5.97 Å². The van der Waals surface area contributed by atoms with Gasteiger partial charge in [-0.2, -0.15) is 0 Å². The number of carbonyl (C=O) groups excluding carboxylic acids is 1. The SMILES string of the molecule is CCOC(=O)C(CC)Oc1ccc(NC)cc1. The summed E-state index contributed by atoms with van der Waals surface area (Å²) in [6, 6.07) is 7.45. The molecule has 0 heterocycles. The van der Waals surface area contributed by atoms with Crippen LogP contribution in [0.5, 0.6) is 5.75 Å². The van der Waals surface area contributed by atoms with Crippen molar-refractivity contribution >= 4 is 11.7 Å². The van der Waals surface area contributed by atoms with E-state index in [4.69, 9.17) is 9.47 Å². The molecule has 1 rings (SSSR count).